The number of thiocarbonyl (C=S) groups is 1. The molecule has 5 nitrogen and oxygen atoms in total. The maximum atomic E-state index is 5.47. The SMILES string of the molecule is C[C@@H]1CN2c3c(ncn31)C(=S)N1CC=NC12. The highest BCUT2D eigenvalue weighted by molar-refractivity contribution is 7.80. The van der Waals surface area contributed by atoms with E-state index in [9.17, 15) is 0 Å². The van der Waals surface area contributed by atoms with Crippen LogP contribution in [0.1, 0.15) is 18.7 Å². The number of aliphatic imine (C=N–C) groups is 1. The molecule has 82 valence electrons. The van der Waals surface area contributed by atoms with Crippen LogP contribution in [-0.4, -0.2) is 45.0 Å². The molecule has 1 aromatic rings. The van der Waals surface area contributed by atoms with E-state index < -0.39 is 0 Å². The van der Waals surface area contributed by atoms with Crippen molar-refractivity contribution in [1.29, 1.82) is 0 Å². The summed E-state index contributed by atoms with van der Waals surface area (Å²) in [6, 6.07) is 0.454. The fraction of sp³-hybridized carbons (Fsp3) is 0.500. The first-order valence-electron chi connectivity index (χ1n) is 5.43. The highest BCUT2D eigenvalue weighted by Crippen LogP contribution is 2.39. The third kappa shape index (κ3) is 0.810. The van der Waals surface area contributed by atoms with Crippen molar-refractivity contribution in [2.75, 3.05) is 18.0 Å². The minimum absolute atomic E-state index is 0.0698. The maximum Gasteiger partial charge on any atom is 0.200 e. The average Bonchev–Trinajstić information content (AvgIpc) is 2.92. The Morgan fingerprint density at radius 2 is 2.31 bits per heavy atom. The molecule has 0 aromatic carbocycles. The average molecular weight is 233 g/mol. The number of imidazole rings is 1. The zero-order valence-electron chi connectivity index (χ0n) is 8.87. The third-order valence-corrected chi connectivity index (χ3v) is 3.94. The second-order valence-corrected chi connectivity index (χ2v) is 4.85. The molecule has 0 bridgehead atoms. The number of nitrogens with zero attached hydrogens (tertiary/aromatic N) is 5. The quantitative estimate of drug-likeness (QED) is 0.616. The molecule has 2 atom stereocenters. The molecule has 0 aliphatic carbocycles. The molecule has 0 radical (unpaired) electrons. The Labute approximate surface area is 98.4 Å². The zero-order chi connectivity index (χ0) is 10.9. The molecule has 6 heteroatoms. The van der Waals surface area contributed by atoms with Crippen LogP contribution in [0.4, 0.5) is 5.82 Å². The summed E-state index contributed by atoms with van der Waals surface area (Å²) in [5.74, 6) is 1.15. The number of aromatic nitrogens is 2. The van der Waals surface area contributed by atoms with Gasteiger partial charge in [0.05, 0.1) is 18.9 Å². The predicted molar refractivity (Wildman–Crippen MR) is 65.0 cm³/mol. The normalized spacial score (nSPS) is 29.9. The molecule has 0 fully saturated rings. The smallest absolute Gasteiger partial charge is 0.200 e. The lowest BCUT2D eigenvalue weighted by Gasteiger charge is -2.37. The van der Waals surface area contributed by atoms with E-state index in [2.05, 4.69) is 31.3 Å². The van der Waals surface area contributed by atoms with Crippen molar-refractivity contribution < 1.29 is 0 Å². The van der Waals surface area contributed by atoms with E-state index in [1.54, 1.807) is 0 Å². The first-order chi connectivity index (χ1) is 7.77. The first kappa shape index (κ1) is 8.69. The van der Waals surface area contributed by atoms with Gasteiger partial charge in [0.15, 0.2) is 0 Å². The van der Waals surface area contributed by atoms with Crippen LogP contribution in [0.15, 0.2) is 11.3 Å². The van der Waals surface area contributed by atoms with Gasteiger partial charge in [0, 0.05) is 12.8 Å². The molecule has 1 aromatic heterocycles. The Kier molecular flexibility index (Phi) is 1.43. The van der Waals surface area contributed by atoms with E-state index in [4.69, 9.17) is 12.2 Å². The van der Waals surface area contributed by atoms with E-state index in [1.165, 1.54) is 0 Å². The lowest BCUT2D eigenvalue weighted by molar-refractivity contribution is 0.364. The summed E-state index contributed by atoms with van der Waals surface area (Å²) in [6.45, 7) is 4.00. The molecule has 4 heterocycles. The van der Waals surface area contributed by atoms with Crippen LogP contribution in [0.2, 0.25) is 0 Å². The Hall–Kier alpha value is -1.43. The minimum atomic E-state index is 0.0698. The van der Waals surface area contributed by atoms with E-state index in [1.807, 2.05) is 12.5 Å². The van der Waals surface area contributed by atoms with Gasteiger partial charge in [0.25, 0.3) is 0 Å². The van der Waals surface area contributed by atoms with Crippen molar-refractivity contribution >= 4 is 29.2 Å². The molecular formula is C10H11N5S. The van der Waals surface area contributed by atoms with Gasteiger partial charge in [-0.3, -0.25) is 4.99 Å². The third-order valence-electron chi connectivity index (χ3n) is 3.51. The molecule has 0 N–H and O–H groups in total. The highest BCUT2D eigenvalue weighted by atomic mass is 32.1. The summed E-state index contributed by atoms with van der Waals surface area (Å²) in [5.41, 5.74) is 0.945. The summed E-state index contributed by atoms with van der Waals surface area (Å²) < 4.78 is 2.20. The van der Waals surface area contributed by atoms with Crippen molar-refractivity contribution in [3.05, 3.63) is 12.0 Å². The second-order valence-electron chi connectivity index (χ2n) is 4.46. The summed E-state index contributed by atoms with van der Waals surface area (Å²) >= 11 is 5.47. The Bertz CT molecular complexity index is 519. The van der Waals surface area contributed by atoms with E-state index in [0.717, 1.165) is 29.6 Å². The van der Waals surface area contributed by atoms with Crippen LogP contribution in [-0.2, 0) is 0 Å². The van der Waals surface area contributed by atoms with Gasteiger partial charge in [-0.2, -0.15) is 0 Å². The lowest BCUT2D eigenvalue weighted by Crippen LogP contribution is -2.51. The zero-order valence-corrected chi connectivity index (χ0v) is 9.68. The molecule has 0 spiro atoms. The van der Waals surface area contributed by atoms with E-state index >= 15 is 0 Å². The summed E-state index contributed by atoms with van der Waals surface area (Å²) in [6.07, 6.45) is 3.91. The molecule has 3 aliphatic heterocycles. The number of rotatable bonds is 0. The van der Waals surface area contributed by atoms with E-state index in [0.29, 0.717) is 6.04 Å². The summed E-state index contributed by atoms with van der Waals surface area (Å²) in [4.78, 5) is 14.2. The van der Waals surface area contributed by atoms with Crippen LogP contribution < -0.4 is 4.90 Å². The molecule has 0 amide bonds. The van der Waals surface area contributed by atoms with Gasteiger partial charge >= 0.3 is 0 Å². The lowest BCUT2D eigenvalue weighted by atomic mass is 10.3. The van der Waals surface area contributed by atoms with Crippen molar-refractivity contribution in [2.45, 2.75) is 19.3 Å². The standard InChI is InChI=1S/C10H11N5S/c1-6-4-14-8-7(12-5-15(6)8)9(16)13-3-2-11-10(13)14/h2,5-6,10H,3-4H2,1H3/t6-,10?/m1/s1. The molecule has 0 saturated heterocycles. The Morgan fingerprint density at radius 3 is 3.19 bits per heavy atom. The number of hydrogen-bond acceptors (Lipinski definition) is 4. The van der Waals surface area contributed by atoms with Crippen LogP contribution in [0, 0.1) is 0 Å². The first-order valence-corrected chi connectivity index (χ1v) is 5.84. The fourth-order valence-electron chi connectivity index (χ4n) is 2.75. The summed E-state index contributed by atoms with van der Waals surface area (Å²) in [7, 11) is 0. The second kappa shape index (κ2) is 2.63. The van der Waals surface area contributed by atoms with Crippen molar-refractivity contribution in [2.24, 2.45) is 4.99 Å². The molecule has 1 unspecified atom stereocenters. The molecular weight excluding hydrogens is 222 g/mol. The van der Waals surface area contributed by atoms with Gasteiger partial charge < -0.3 is 14.4 Å². The molecule has 0 saturated carbocycles. The maximum absolute atomic E-state index is 5.47. The van der Waals surface area contributed by atoms with Gasteiger partial charge in [-0.15, -0.1) is 0 Å². The molecule has 16 heavy (non-hydrogen) atoms. The molecule has 3 aliphatic rings. The van der Waals surface area contributed by atoms with Gasteiger partial charge in [-0.1, -0.05) is 12.2 Å². The van der Waals surface area contributed by atoms with Crippen molar-refractivity contribution in [3.8, 4) is 0 Å². The van der Waals surface area contributed by atoms with Crippen LogP contribution in [0.5, 0.6) is 0 Å². The summed E-state index contributed by atoms with van der Waals surface area (Å²) in [5, 5.41) is 0. The fourth-order valence-corrected chi connectivity index (χ4v) is 3.06. The van der Waals surface area contributed by atoms with Gasteiger partial charge in [0.1, 0.15) is 16.5 Å². The molecule has 4 rings (SSSR count). The van der Waals surface area contributed by atoms with Crippen LogP contribution >= 0.6 is 12.2 Å². The van der Waals surface area contributed by atoms with Gasteiger partial charge in [-0.05, 0) is 6.92 Å². The topological polar surface area (TPSA) is 36.7 Å². The highest BCUT2D eigenvalue weighted by Gasteiger charge is 2.44. The van der Waals surface area contributed by atoms with Crippen molar-refractivity contribution in [3.63, 3.8) is 0 Å². The largest absolute Gasteiger partial charge is 0.317 e. The number of hydrogen-bond donors (Lipinski definition) is 0. The Morgan fingerprint density at radius 1 is 1.44 bits per heavy atom. The van der Waals surface area contributed by atoms with E-state index in [-0.39, 0.29) is 6.29 Å². The van der Waals surface area contributed by atoms with Gasteiger partial charge in [0.2, 0.25) is 6.29 Å². The Balaban J connectivity index is 1.96. The van der Waals surface area contributed by atoms with Crippen molar-refractivity contribution in [1.82, 2.24) is 14.5 Å². The van der Waals surface area contributed by atoms with Crippen LogP contribution in [0.25, 0.3) is 0 Å². The number of anilines is 1. The number of fused-ring (bicyclic) bond motifs is 2. The predicted octanol–water partition coefficient (Wildman–Crippen LogP) is 0.623. The monoisotopic (exact) mass is 233 g/mol. The van der Waals surface area contributed by atoms with Crippen LogP contribution in [0.3, 0.4) is 0 Å². The van der Waals surface area contributed by atoms with Gasteiger partial charge in [-0.25, -0.2) is 4.98 Å². The minimum Gasteiger partial charge on any atom is -0.317 e.